The number of nitrogens with one attached hydrogen (secondary N) is 2. The van der Waals surface area contributed by atoms with Gasteiger partial charge >= 0.3 is 12.0 Å². The van der Waals surface area contributed by atoms with Gasteiger partial charge in [0.1, 0.15) is 5.75 Å². The molecular weight excluding hydrogens is 568 g/mol. The summed E-state index contributed by atoms with van der Waals surface area (Å²) in [5.41, 5.74) is 2.06. The van der Waals surface area contributed by atoms with Crippen LogP contribution in [0.5, 0.6) is 5.75 Å². The number of ether oxygens (including phenoxy) is 3. The third kappa shape index (κ3) is 9.54. The number of para-hydroxylation sites is 3. The van der Waals surface area contributed by atoms with Crippen LogP contribution in [0.4, 0.5) is 21.9 Å². The standard InChI is InChI=1S/C32H36N4O8/c1-35(25-11-3-2-4-12-25)29(38)22-44-27-14-6-5-13-26(27)36(16-15-31-42-17-8-18-43-31)28(37)21-33-32(41)34-24-10-7-9-23(19-24)20-30(39)40/h2-7,9-14,19,31H,8,15-18,20-22H2,1H3,(H,39,40)(H2,33,34,41). The average molecular weight is 605 g/mol. The number of carbonyl (C=O) groups is 4. The summed E-state index contributed by atoms with van der Waals surface area (Å²) in [5, 5.41) is 14.2. The highest BCUT2D eigenvalue weighted by molar-refractivity contribution is 5.99. The fourth-order valence-corrected chi connectivity index (χ4v) is 4.51. The third-order valence-corrected chi connectivity index (χ3v) is 6.75. The zero-order chi connectivity index (χ0) is 31.3. The molecule has 0 radical (unpaired) electrons. The Bertz CT molecular complexity index is 1430. The molecule has 1 heterocycles. The van der Waals surface area contributed by atoms with Crippen LogP contribution < -0.4 is 25.2 Å². The first-order valence-corrected chi connectivity index (χ1v) is 14.2. The molecule has 0 aromatic heterocycles. The Balaban J connectivity index is 1.43. The van der Waals surface area contributed by atoms with Gasteiger partial charge in [0, 0.05) is 31.4 Å². The predicted octanol–water partition coefficient (Wildman–Crippen LogP) is 3.66. The maximum absolute atomic E-state index is 13.5. The van der Waals surface area contributed by atoms with Gasteiger partial charge in [-0.25, -0.2) is 4.79 Å². The highest BCUT2D eigenvalue weighted by Crippen LogP contribution is 2.29. The number of nitrogens with zero attached hydrogens (tertiary/aromatic N) is 2. The first kappa shape index (κ1) is 32.0. The summed E-state index contributed by atoms with van der Waals surface area (Å²) in [4.78, 5) is 53.0. The number of likely N-dealkylation sites (N-methyl/N-ethyl adjacent to an activating group) is 1. The molecule has 0 aliphatic carbocycles. The zero-order valence-corrected chi connectivity index (χ0v) is 24.4. The molecule has 1 aliphatic heterocycles. The average Bonchev–Trinajstić information content (AvgIpc) is 3.03. The molecule has 4 rings (SSSR count). The van der Waals surface area contributed by atoms with E-state index < -0.39 is 24.2 Å². The number of aliphatic carboxylic acids is 1. The second kappa shape index (κ2) is 16.1. The Morgan fingerprint density at radius 3 is 2.41 bits per heavy atom. The van der Waals surface area contributed by atoms with Crippen molar-refractivity contribution in [2.45, 2.75) is 25.6 Å². The van der Waals surface area contributed by atoms with E-state index in [4.69, 9.17) is 19.3 Å². The Morgan fingerprint density at radius 1 is 0.932 bits per heavy atom. The van der Waals surface area contributed by atoms with Crippen molar-refractivity contribution in [2.24, 2.45) is 0 Å². The van der Waals surface area contributed by atoms with Crippen LogP contribution in [0, 0.1) is 0 Å². The Labute approximate surface area is 255 Å². The van der Waals surface area contributed by atoms with Crippen molar-refractivity contribution < 1.29 is 38.5 Å². The maximum Gasteiger partial charge on any atom is 0.319 e. The van der Waals surface area contributed by atoms with Crippen LogP contribution in [-0.4, -0.2) is 75.2 Å². The molecule has 44 heavy (non-hydrogen) atoms. The van der Waals surface area contributed by atoms with Gasteiger partial charge in [-0.3, -0.25) is 14.4 Å². The minimum absolute atomic E-state index is 0.186. The normalized spacial score (nSPS) is 13.0. The van der Waals surface area contributed by atoms with E-state index in [-0.39, 0.29) is 32.0 Å². The number of anilines is 3. The maximum atomic E-state index is 13.5. The van der Waals surface area contributed by atoms with E-state index in [2.05, 4.69) is 10.6 Å². The zero-order valence-electron chi connectivity index (χ0n) is 24.4. The number of rotatable bonds is 13. The van der Waals surface area contributed by atoms with Crippen molar-refractivity contribution in [1.82, 2.24) is 5.32 Å². The second-order valence-corrected chi connectivity index (χ2v) is 9.98. The third-order valence-electron chi connectivity index (χ3n) is 6.75. The van der Waals surface area contributed by atoms with Crippen LogP contribution in [0.15, 0.2) is 78.9 Å². The molecule has 1 fully saturated rings. The molecular formula is C32H36N4O8. The lowest BCUT2D eigenvalue weighted by molar-refractivity contribution is -0.179. The van der Waals surface area contributed by atoms with E-state index in [9.17, 15) is 19.2 Å². The topological polar surface area (TPSA) is 147 Å². The highest BCUT2D eigenvalue weighted by atomic mass is 16.7. The number of carboxylic acids is 1. The van der Waals surface area contributed by atoms with Gasteiger partial charge in [0.25, 0.3) is 5.91 Å². The van der Waals surface area contributed by atoms with Crippen LogP contribution in [0.1, 0.15) is 18.4 Å². The molecule has 0 unspecified atom stereocenters. The first-order chi connectivity index (χ1) is 21.3. The molecule has 0 spiro atoms. The SMILES string of the molecule is CN(C(=O)COc1ccccc1N(CCC1OCCCO1)C(=O)CNC(=O)Nc1cccc(CC(=O)O)c1)c1ccccc1. The van der Waals surface area contributed by atoms with E-state index in [0.29, 0.717) is 42.3 Å². The quantitative estimate of drug-likeness (QED) is 0.268. The van der Waals surface area contributed by atoms with E-state index in [1.807, 2.05) is 30.3 Å². The molecule has 1 saturated heterocycles. The summed E-state index contributed by atoms with van der Waals surface area (Å²) in [6, 6.07) is 21.8. The van der Waals surface area contributed by atoms with Crippen molar-refractivity contribution in [3.63, 3.8) is 0 Å². The molecule has 232 valence electrons. The highest BCUT2D eigenvalue weighted by Gasteiger charge is 2.24. The minimum Gasteiger partial charge on any atom is -0.482 e. The molecule has 3 aromatic rings. The summed E-state index contributed by atoms with van der Waals surface area (Å²) in [6.07, 6.45) is 0.495. The molecule has 0 saturated carbocycles. The summed E-state index contributed by atoms with van der Waals surface area (Å²) < 4.78 is 17.2. The molecule has 4 amide bonds. The number of carbonyl (C=O) groups excluding carboxylic acids is 3. The summed E-state index contributed by atoms with van der Waals surface area (Å²) in [7, 11) is 1.66. The van der Waals surface area contributed by atoms with E-state index >= 15 is 0 Å². The van der Waals surface area contributed by atoms with Gasteiger partial charge in [0.15, 0.2) is 12.9 Å². The van der Waals surface area contributed by atoms with Crippen LogP contribution in [0.25, 0.3) is 0 Å². The van der Waals surface area contributed by atoms with Crippen LogP contribution in [-0.2, 0) is 30.3 Å². The van der Waals surface area contributed by atoms with Crippen LogP contribution >= 0.6 is 0 Å². The van der Waals surface area contributed by atoms with Gasteiger partial charge in [0.05, 0.1) is 31.9 Å². The fourth-order valence-electron chi connectivity index (χ4n) is 4.51. The minimum atomic E-state index is -0.988. The van der Waals surface area contributed by atoms with Crippen LogP contribution in [0.3, 0.4) is 0 Å². The lowest BCUT2D eigenvalue weighted by atomic mass is 10.1. The number of benzene rings is 3. The number of carboxylic acid groups (broad SMARTS) is 1. The largest absolute Gasteiger partial charge is 0.482 e. The molecule has 3 aromatic carbocycles. The van der Waals surface area contributed by atoms with Gasteiger partial charge in [-0.05, 0) is 48.4 Å². The molecule has 12 nitrogen and oxygen atoms in total. The number of urea groups is 1. The smallest absolute Gasteiger partial charge is 0.319 e. The second-order valence-electron chi connectivity index (χ2n) is 9.98. The van der Waals surface area contributed by atoms with Crippen molar-refractivity contribution in [2.75, 3.05) is 55.1 Å². The molecule has 0 bridgehead atoms. The monoisotopic (exact) mass is 604 g/mol. The van der Waals surface area contributed by atoms with Gasteiger partial charge in [-0.1, -0.05) is 42.5 Å². The van der Waals surface area contributed by atoms with Crippen LogP contribution in [0.2, 0.25) is 0 Å². The van der Waals surface area contributed by atoms with Crippen molar-refractivity contribution in [3.05, 3.63) is 84.4 Å². The first-order valence-electron chi connectivity index (χ1n) is 14.2. The van der Waals surface area contributed by atoms with Crippen molar-refractivity contribution >= 4 is 40.9 Å². The number of hydrogen-bond acceptors (Lipinski definition) is 7. The summed E-state index contributed by atoms with van der Waals surface area (Å²) in [5.74, 6) is -1.38. The Hall–Kier alpha value is -4.94. The molecule has 12 heteroatoms. The van der Waals surface area contributed by atoms with E-state index in [1.54, 1.807) is 55.6 Å². The lowest BCUT2D eigenvalue weighted by Gasteiger charge is -2.29. The fraction of sp³-hybridized carbons (Fsp3) is 0.312. The van der Waals surface area contributed by atoms with Gasteiger partial charge in [-0.15, -0.1) is 0 Å². The Kier molecular flexibility index (Phi) is 11.7. The predicted molar refractivity (Wildman–Crippen MR) is 164 cm³/mol. The van der Waals surface area contributed by atoms with Gasteiger partial charge in [0.2, 0.25) is 5.91 Å². The van der Waals surface area contributed by atoms with Gasteiger partial charge in [-0.2, -0.15) is 0 Å². The molecule has 3 N–H and O–H groups in total. The lowest BCUT2D eigenvalue weighted by Crippen LogP contribution is -2.43. The number of hydrogen-bond donors (Lipinski definition) is 3. The summed E-state index contributed by atoms with van der Waals surface area (Å²) in [6.45, 7) is 0.704. The van der Waals surface area contributed by atoms with E-state index in [1.165, 1.54) is 9.80 Å². The van der Waals surface area contributed by atoms with Gasteiger partial charge < -0.3 is 39.8 Å². The Morgan fingerprint density at radius 2 is 1.66 bits per heavy atom. The number of amides is 4. The van der Waals surface area contributed by atoms with Crippen molar-refractivity contribution in [3.8, 4) is 5.75 Å². The summed E-state index contributed by atoms with van der Waals surface area (Å²) >= 11 is 0. The molecule has 0 atom stereocenters. The molecule has 1 aliphatic rings. The van der Waals surface area contributed by atoms with Crippen molar-refractivity contribution in [1.29, 1.82) is 0 Å². The van der Waals surface area contributed by atoms with E-state index in [0.717, 1.165) is 12.1 Å².